The van der Waals surface area contributed by atoms with Gasteiger partial charge < -0.3 is 21.8 Å². The number of ether oxygens (including phenoxy) is 1. The second-order valence-electron chi connectivity index (χ2n) is 11.3. The highest BCUT2D eigenvalue weighted by molar-refractivity contribution is 5.89. The van der Waals surface area contributed by atoms with Gasteiger partial charge in [0, 0.05) is 54.4 Å². The van der Waals surface area contributed by atoms with Crippen LogP contribution in [0.25, 0.3) is 11.0 Å². The summed E-state index contributed by atoms with van der Waals surface area (Å²) in [5.41, 5.74) is 2.93. The number of benzene rings is 2. The van der Waals surface area contributed by atoms with Crippen LogP contribution in [-0.4, -0.2) is 56.6 Å². The predicted molar refractivity (Wildman–Crippen MR) is 155 cm³/mol. The van der Waals surface area contributed by atoms with E-state index < -0.39 is 6.10 Å². The number of hydrogen-bond acceptors (Lipinski definition) is 7. The number of aliphatic hydroxyl groups is 1. The molecule has 1 atom stereocenters. The summed E-state index contributed by atoms with van der Waals surface area (Å²) in [6, 6.07) is 13.4. The summed E-state index contributed by atoms with van der Waals surface area (Å²) in [4.78, 5) is 30.9. The quantitative estimate of drug-likeness (QED) is 0.190. The number of rotatable bonds is 7. The molecule has 222 valence electrons. The lowest BCUT2D eigenvalue weighted by Crippen LogP contribution is -2.55. The summed E-state index contributed by atoms with van der Waals surface area (Å²) in [5.74, 6) is -0.173. The van der Waals surface area contributed by atoms with E-state index in [1.165, 1.54) is 12.1 Å². The molecule has 2 aliphatic rings. The molecule has 0 amide bonds. The number of nitrogens with zero attached hydrogens (tertiary/aromatic N) is 4. The van der Waals surface area contributed by atoms with E-state index in [0.717, 1.165) is 30.3 Å². The van der Waals surface area contributed by atoms with E-state index >= 15 is 0 Å². The lowest BCUT2D eigenvalue weighted by atomic mass is 9.90. The maximum atomic E-state index is 13.7. The minimum absolute atomic E-state index is 0. The molecular weight excluding hydrogens is 539 g/mol. The van der Waals surface area contributed by atoms with Crippen molar-refractivity contribution < 1.29 is 28.0 Å². The summed E-state index contributed by atoms with van der Waals surface area (Å²) in [6.45, 7) is 4.57. The smallest absolute Gasteiger partial charge is 0.342 e. The molecule has 6 rings (SSSR count). The van der Waals surface area contributed by atoms with Crippen molar-refractivity contribution in [3.8, 4) is 0 Å². The van der Waals surface area contributed by atoms with E-state index in [0.29, 0.717) is 71.7 Å². The lowest BCUT2D eigenvalue weighted by Gasteiger charge is -2.42. The maximum Gasteiger partial charge on any atom is 0.342 e. The molecule has 10 heteroatoms. The first-order chi connectivity index (χ1) is 19.8. The molecule has 2 aromatic carbocycles. The van der Waals surface area contributed by atoms with Gasteiger partial charge in [0.05, 0.1) is 30.9 Å². The van der Waals surface area contributed by atoms with Crippen molar-refractivity contribution in [3.63, 3.8) is 0 Å². The van der Waals surface area contributed by atoms with Crippen LogP contribution in [-0.2, 0) is 17.7 Å². The molecule has 1 unspecified atom stereocenters. The molecule has 2 aliphatic heterocycles. The van der Waals surface area contributed by atoms with Crippen molar-refractivity contribution in [2.75, 3.05) is 26.4 Å². The molecule has 0 spiro atoms. The number of aromatic nitrogens is 3. The van der Waals surface area contributed by atoms with Gasteiger partial charge in [-0.15, -0.1) is 0 Å². The minimum atomic E-state index is -0.719. The Labute approximate surface area is 244 Å². The van der Waals surface area contributed by atoms with E-state index in [9.17, 15) is 19.1 Å². The molecule has 0 radical (unpaired) electrons. The number of quaternary nitrogens is 1. The highest BCUT2D eigenvalue weighted by Crippen LogP contribution is 2.35. The van der Waals surface area contributed by atoms with Crippen molar-refractivity contribution >= 4 is 16.9 Å². The molecule has 1 N–H and O–H groups in total. The van der Waals surface area contributed by atoms with Gasteiger partial charge in [-0.1, -0.05) is 23.4 Å². The molecular formula is C32H37FN4O5. The average Bonchev–Trinajstić information content (AvgIpc) is 3.40. The summed E-state index contributed by atoms with van der Waals surface area (Å²) in [5, 5.41) is 15.5. The second-order valence-corrected chi connectivity index (χ2v) is 11.3. The van der Waals surface area contributed by atoms with Crippen LogP contribution >= 0.6 is 0 Å². The van der Waals surface area contributed by atoms with Crippen LogP contribution in [0.1, 0.15) is 70.8 Å². The average molecular weight is 577 g/mol. The Morgan fingerprint density at radius 3 is 2.69 bits per heavy atom. The molecule has 4 heterocycles. The third kappa shape index (κ3) is 5.73. The number of aryl methyl sites for hydroxylation is 1. The Bertz CT molecular complexity index is 1630. The first-order valence-electron chi connectivity index (χ1n) is 14.2. The van der Waals surface area contributed by atoms with Crippen LogP contribution < -0.4 is 5.56 Å². The molecule has 42 heavy (non-hydrogen) atoms. The van der Waals surface area contributed by atoms with Crippen LogP contribution in [0.3, 0.4) is 0 Å². The number of fused-ring (bicyclic) bond motifs is 2. The van der Waals surface area contributed by atoms with Crippen molar-refractivity contribution in [2.45, 2.75) is 57.6 Å². The van der Waals surface area contributed by atoms with Crippen LogP contribution in [0.15, 0.2) is 57.8 Å². The van der Waals surface area contributed by atoms with Crippen LogP contribution in [0.5, 0.6) is 0 Å². The molecule has 0 saturated carbocycles. The summed E-state index contributed by atoms with van der Waals surface area (Å²) >= 11 is 0. The Kier molecular flexibility index (Phi) is 8.56. The molecule has 1 fully saturated rings. The Balaban J connectivity index is 0.00000353. The van der Waals surface area contributed by atoms with Crippen molar-refractivity contribution in [2.24, 2.45) is 0 Å². The fraction of sp³-hybridized carbons (Fsp3) is 0.406. The standard InChI is InChI=1S/C31H34FN4O5.CH3/c1-20-24(30(38)35-14-5-8-26(37)29(35)33-20)13-17-36(19-40-31(39)22-6-3-2-4-7-22)15-11-21(12-16-36)28-25-10-9-23(32)18-27(25)41-34-28;/h2-4,6-7,9-10,18,21,26,37H,5,8,11-17,19H2,1H3;1H3/q+1;-1. The zero-order valence-corrected chi connectivity index (χ0v) is 24.1. The SMILES string of the molecule is Cc1nc2n(c(=O)c1CC[N+]1(COC(=O)c3ccccc3)CCC(c3noc4cc(F)ccc34)CC1)CCCC2O.[CH3-]. The normalized spacial score (nSPS) is 21.9. The molecule has 0 bridgehead atoms. The number of carbonyl (C=O) groups excluding carboxylic acids is 1. The van der Waals surface area contributed by atoms with Crippen LogP contribution in [0.2, 0.25) is 0 Å². The molecule has 0 aliphatic carbocycles. The highest BCUT2D eigenvalue weighted by atomic mass is 19.1. The second kappa shape index (κ2) is 12.1. The third-order valence-electron chi connectivity index (χ3n) is 8.72. The van der Waals surface area contributed by atoms with Gasteiger partial charge in [-0.3, -0.25) is 13.8 Å². The van der Waals surface area contributed by atoms with E-state index in [1.807, 2.05) is 13.0 Å². The minimum Gasteiger partial charge on any atom is -0.411 e. The number of halogens is 1. The van der Waals surface area contributed by atoms with E-state index in [2.05, 4.69) is 10.1 Å². The first kappa shape index (κ1) is 29.6. The zero-order chi connectivity index (χ0) is 28.6. The van der Waals surface area contributed by atoms with Gasteiger partial charge in [0.25, 0.3) is 5.56 Å². The Morgan fingerprint density at radius 1 is 1.17 bits per heavy atom. The lowest BCUT2D eigenvalue weighted by molar-refractivity contribution is -0.947. The summed E-state index contributed by atoms with van der Waals surface area (Å²) in [6.07, 6.45) is 2.65. The fourth-order valence-corrected chi connectivity index (χ4v) is 6.29. The largest absolute Gasteiger partial charge is 0.411 e. The van der Waals surface area contributed by atoms with Crippen LogP contribution in [0.4, 0.5) is 4.39 Å². The number of likely N-dealkylation sites (tertiary alicyclic amines) is 1. The molecule has 1 saturated heterocycles. The number of piperidine rings is 1. The van der Waals surface area contributed by atoms with E-state index in [1.54, 1.807) is 34.9 Å². The van der Waals surface area contributed by atoms with Gasteiger partial charge in [0.15, 0.2) is 5.58 Å². The van der Waals surface area contributed by atoms with Gasteiger partial charge in [-0.05, 0) is 44.0 Å². The third-order valence-corrected chi connectivity index (χ3v) is 8.72. The van der Waals surface area contributed by atoms with E-state index in [-0.39, 0.29) is 37.4 Å². The van der Waals surface area contributed by atoms with Gasteiger partial charge in [0.1, 0.15) is 17.7 Å². The van der Waals surface area contributed by atoms with Gasteiger partial charge in [-0.25, -0.2) is 14.2 Å². The number of esters is 1. The number of aliphatic hydroxyl groups excluding tert-OH is 1. The van der Waals surface area contributed by atoms with Gasteiger partial charge in [-0.2, -0.15) is 0 Å². The zero-order valence-electron chi connectivity index (χ0n) is 24.1. The Morgan fingerprint density at radius 2 is 1.93 bits per heavy atom. The predicted octanol–water partition coefficient (Wildman–Crippen LogP) is 4.86. The fourth-order valence-electron chi connectivity index (χ4n) is 6.29. The molecule has 2 aromatic heterocycles. The monoisotopic (exact) mass is 576 g/mol. The van der Waals surface area contributed by atoms with Gasteiger partial charge in [0.2, 0.25) is 6.73 Å². The maximum absolute atomic E-state index is 13.7. The van der Waals surface area contributed by atoms with Crippen LogP contribution in [0, 0.1) is 20.2 Å². The van der Waals surface area contributed by atoms with Crippen molar-refractivity contribution in [1.82, 2.24) is 14.7 Å². The van der Waals surface area contributed by atoms with Gasteiger partial charge >= 0.3 is 5.97 Å². The Hall–Kier alpha value is -3.89. The van der Waals surface area contributed by atoms with Crippen molar-refractivity contribution in [1.29, 1.82) is 0 Å². The van der Waals surface area contributed by atoms with E-state index in [4.69, 9.17) is 9.26 Å². The molecule has 9 nitrogen and oxygen atoms in total. The molecule has 4 aromatic rings. The number of hydrogen-bond donors (Lipinski definition) is 1. The highest BCUT2D eigenvalue weighted by Gasteiger charge is 2.38. The topological polar surface area (TPSA) is 107 Å². The summed E-state index contributed by atoms with van der Waals surface area (Å²) in [7, 11) is 0. The first-order valence-corrected chi connectivity index (χ1v) is 14.2. The number of carbonyl (C=O) groups is 1. The summed E-state index contributed by atoms with van der Waals surface area (Å²) < 4.78 is 27.1. The van der Waals surface area contributed by atoms with Crippen molar-refractivity contribution in [3.05, 3.63) is 100 Å².